The molecule has 1 aliphatic rings. The molecule has 1 aromatic carbocycles. The number of anilines is 1. The van der Waals surface area contributed by atoms with Gasteiger partial charge in [-0.15, -0.1) is 11.3 Å². The summed E-state index contributed by atoms with van der Waals surface area (Å²) in [6.07, 6.45) is -1.02. The Bertz CT molecular complexity index is 836. The maximum Gasteiger partial charge on any atom is 0.326 e. The van der Waals surface area contributed by atoms with Gasteiger partial charge in [0.15, 0.2) is 17.6 Å². The minimum absolute atomic E-state index is 0.321. The molecular weight excluding hydrogens is 372 g/mol. The molecule has 2 N–H and O–H groups in total. The summed E-state index contributed by atoms with van der Waals surface area (Å²) >= 11 is 1.27. The van der Waals surface area contributed by atoms with Gasteiger partial charge in [-0.2, -0.15) is 0 Å². The second kappa shape index (κ2) is 8.54. The van der Waals surface area contributed by atoms with E-state index < -0.39 is 18.0 Å². The highest BCUT2D eigenvalue weighted by Gasteiger charge is 2.20. The molecule has 8 nitrogen and oxygen atoms in total. The lowest BCUT2D eigenvalue weighted by Gasteiger charge is -2.19. The minimum Gasteiger partial charge on any atom is -0.486 e. The number of rotatable bonds is 6. The molecular formula is C18H18N2O6S. The summed E-state index contributed by atoms with van der Waals surface area (Å²) in [4.78, 5) is 36.3. The molecule has 1 aromatic heterocycles. The first-order valence-corrected chi connectivity index (χ1v) is 9.12. The van der Waals surface area contributed by atoms with Crippen molar-refractivity contribution in [3.05, 3.63) is 40.6 Å². The summed E-state index contributed by atoms with van der Waals surface area (Å²) in [5, 5.41) is 6.86. The van der Waals surface area contributed by atoms with Crippen LogP contribution < -0.4 is 20.1 Å². The summed E-state index contributed by atoms with van der Waals surface area (Å²) in [6, 6.07) is 8.39. The number of thiophene rings is 1. The second-order valence-electron chi connectivity index (χ2n) is 5.64. The Morgan fingerprint density at radius 1 is 1.19 bits per heavy atom. The van der Waals surface area contributed by atoms with Crippen LogP contribution in [0.5, 0.6) is 11.5 Å². The van der Waals surface area contributed by atoms with Gasteiger partial charge in [0.25, 0.3) is 11.8 Å². The van der Waals surface area contributed by atoms with E-state index in [4.69, 9.17) is 14.2 Å². The zero-order chi connectivity index (χ0) is 19.2. The van der Waals surface area contributed by atoms with Gasteiger partial charge in [0, 0.05) is 11.8 Å². The maximum atomic E-state index is 12.2. The van der Waals surface area contributed by atoms with Crippen molar-refractivity contribution >= 4 is 34.8 Å². The van der Waals surface area contributed by atoms with Crippen LogP contribution in [0.3, 0.4) is 0 Å². The number of amides is 2. The molecule has 2 amide bonds. The van der Waals surface area contributed by atoms with Gasteiger partial charge in [-0.25, -0.2) is 0 Å². The van der Waals surface area contributed by atoms with Crippen LogP contribution in [0.2, 0.25) is 0 Å². The Morgan fingerprint density at radius 3 is 2.70 bits per heavy atom. The number of fused-ring (bicyclic) bond motifs is 1. The smallest absolute Gasteiger partial charge is 0.326 e. The Labute approximate surface area is 159 Å². The van der Waals surface area contributed by atoms with Crippen molar-refractivity contribution in [3.63, 3.8) is 0 Å². The summed E-state index contributed by atoms with van der Waals surface area (Å²) in [5.41, 5.74) is 0.498. The number of nitrogens with one attached hydrogen (secondary N) is 2. The first-order valence-electron chi connectivity index (χ1n) is 8.24. The molecule has 0 spiro atoms. The van der Waals surface area contributed by atoms with E-state index in [-0.39, 0.29) is 12.5 Å². The van der Waals surface area contributed by atoms with E-state index in [0.717, 1.165) is 0 Å². The highest BCUT2D eigenvalue weighted by molar-refractivity contribution is 7.12. The summed E-state index contributed by atoms with van der Waals surface area (Å²) in [5.74, 6) is -0.412. The number of carbonyl (C=O) groups excluding carboxylic acids is 3. The standard InChI is InChI=1S/C18H18N2O6S/c1-11(26-16(21)10-19-18(23)15-3-2-8-27-15)17(22)20-12-4-5-13-14(9-12)25-7-6-24-13/h2-5,8-9,11H,6-7,10H2,1H3,(H,19,23)(H,20,22)/t11-/m0/s1. The minimum atomic E-state index is -1.02. The van der Waals surface area contributed by atoms with Crippen LogP contribution in [0.25, 0.3) is 0 Å². The molecule has 2 heterocycles. The van der Waals surface area contributed by atoms with Crippen molar-refractivity contribution in [1.29, 1.82) is 0 Å². The molecule has 27 heavy (non-hydrogen) atoms. The fourth-order valence-electron chi connectivity index (χ4n) is 2.30. The van der Waals surface area contributed by atoms with Crippen molar-refractivity contribution < 1.29 is 28.6 Å². The van der Waals surface area contributed by atoms with Crippen LogP contribution in [0.1, 0.15) is 16.6 Å². The fourth-order valence-corrected chi connectivity index (χ4v) is 2.94. The molecule has 0 unspecified atom stereocenters. The fraction of sp³-hybridized carbons (Fsp3) is 0.278. The largest absolute Gasteiger partial charge is 0.486 e. The van der Waals surface area contributed by atoms with Gasteiger partial charge >= 0.3 is 5.97 Å². The zero-order valence-corrected chi connectivity index (χ0v) is 15.3. The SMILES string of the molecule is C[C@H](OC(=O)CNC(=O)c1cccs1)C(=O)Nc1ccc2c(c1)OCCO2. The van der Waals surface area contributed by atoms with Crippen LogP contribution in [-0.2, 0) is 14.3 Å². The Balaban J connectivity index is 1.47. The third-order valence-corrected chi connectivity index (χ3v) is 4.49. The molecule has 0 bridgehead atoms. The number of ether oxygens (including phenoxy) is 3. The summed E-state index contributed by atoms with van der Waals surface area (Å²) in [7, 11) is 0. The molecule has 1 atom stereocenters. The van der Waals surface area contributed by atoms with E-state index in [0.29, 0.717) is 35.3 Å². The number of hydrogen-bond acceptors (Lipinski definition) is 7. The third-order valence-electron chi connectivity index (χ3n) is 3.63. The van der Waals surface area contributed by atoms with Gasteiger partial charge in [-0.1, -0.05) is 6.07 Å². The van der Waals surface area contributed by atoms with Gasteiger partial charge in [0.05, 0.1) is 4.88 Å². The van der Waals surface area contributed by atoms with Crippen LogP contribution in [0.15, 0.2) is 35.7 Å². The first kappa shape index (κ1) is 18.7. The zero-order valence-electron chi connectivity index (χ0n) is 14.5. The van der Waals surface area contributed by atoms with E-state index in [1.165, 1.54) is 18.3 Å². The highest BCUT2D eigenvalue weighted by Crippen LogP contribution is 2.32. The van der Waals surface area contributed by atoms with Gasteiger partial charge in [0.1, 0.15) is 19.8 Å². The highest BCUT2D eigenvalue weighted by atomic mass is 32.1. The molecule has 142 valence electrons. The van der Waals surface area contributed by atoms with Crippen molar-refractivity contribution in [2.45, 2.75) is 13.0 Å². The van der Waals surface area contributed by atoms with Crippen LogP contribution in [-0.4, -0.2) is 43.6 Å². The van der Waals surface area contributed by atoms with Crippen molar-refractivity contribution in [2.75, 3.05) is 25.1 Å². The molecule has 0 saturated heterocycles. The van der Waals surface area contributed by atoms with Crippen LogP contribution in [0.4, 0.5) is 5.69 Å². The Hall–Kier alpha value is -3.07. The van der Waals surface area contributed by atoms with Gasteiger partial charge in [-0.05, 0) is 30.5 Å². The average Bonchev–Trinajstić information content (AvgIpc) is 3.21. The predicted molar refractivity (Wildman–Crippen MR) is 98.3 cm³/mol. The van der Waals surface area contributed by atoms with Crippen molar-refractivity contribution in [1.82, 2.24) is 5.32 Å². The predicted octanol–water partition coefficient (Wildman–Crippen LogP) is 1.82. The molecule has 3 rings (SSSR count). The maximum absolute atomic E-state index is 12.2. The molecule has 2 aromatic rings. The first-order chi connectivity index (χ1) is 13.0. The number of carbonyl (C=O) groups is 3. The van der Waals surface area contributed by atoms with Crippen LogP contribution in [0, 0.1) is 0 Å². The van der Waals surface area contributed by atoms with Gasteiger partial charge in [0.2, 0.25) is 0 Å². The number of hydrogen-bond donors (Lipinski definition) is 2. The van der Waals surface area contributed by atoms with Crippen molar-refractivity contribution in [3.8, 4) is 11.5 Å². The molecule has 0 fully saturated rings. The van der Waals surface area contributed by atoms with Gasteiger partial charge in [-0.3, -0.25) is 14.4 Å². The van der Waals surface area contributed by atoms with E-state index in [1.807, 2.05) is 0 Å². The van der Waals surface area contributed by atoms with E-state index >= 15 is 0 Å². The third kappa shape index (κ3) is 4.98. The van der Waals surface area contributed by atoms with Crippen LogP contribution >= 0.6 is 11.3 Å². The second-order valence-corrected chi connectivity index (χ2v) is 6.59. The average molecular weight is 390 g/mol. The lowest BCUT2D eigenvalue weighted by Crippen LogP contribution is -2.35. The van der Waals surface area contributed by atoms with E-state index in [9.17, 15) is 14.4 Å². The summed E-state index contributed by atoms with van der Waals surface area (Å²) in [6.45, 7) is 2.05. The lowest BCUT2D eigenvalue weighted by molar-refractivity contribution is -0.152. The van der Waals surface area contributed by atoms with Crippen molar-refractivity contribution in [2.24, 2.45) is 0 Å². The van der Waals surface area contributed by atoms with Gasteiger partial charge < -0.3 is 24.8 Å². The molecule has 1 aliphatic heterocycles. The topological polar surface area (TPSA) is 103 Å². The normalized spacial score (nSPS) is 13.4. The lowest BCUT2D eigenvalue weighted by atomic mass is 10.2. The monoisotopic (exact) mass is 390 g/mol. The quantitative estimate of drug-likeness (QED) is 0.730. The van der Waals surface area contributed by atoms with E-state index in [1.54, 1.807) is 35.7 Å². The Kier molecular flexibility index (Phi) is 5.92. The summed E-state index contributed by atoms with van der Waals surface area (Å²) < 4.78 is 15.9. The van der Waals surface area contributed by atoms with E-state index in [2.05, 4.69) is 10.6 Å². The molecule has 0 radical (unpaired) electrons. The number of esters is 1. The molecule has 9 heteroatoms. The Morgan fingerprint density at radius 2 is 1.96 bits per heavy atom. The molecule has 0 saturated carbocycles. The number of benzene rings is 1. The molecule has 0 aliphatic carbocycles.